The molecule has 2 heteroatoms. The van der Waals surface area contributed by atoms with Crippen LogP contribution in [0.2, 0.25) is 0 Å². The van der Waals surface area contributed by atoms with Gasteiger partial charge in [-0.15, -0.1) is 0 Å². The highest BCUT2D eigenvalue weighted by atomic mass is 16.5. The number of hydrogen-bond donors (Lipinski definition) is 0. The Bertz CT molecular complexity index is 304. The van der Waals surface area contributed by atoms with E-state index in [9.17, 15) is 4.79 Å². The van der Waals surface area contributed by atoms with Gasteiger partial charge in [-0.1, -0.05) is 38.5 Å². The summed E-state index contributed by atoms with van der Waals surface area (Å²) in [5.41, 5.74) is 1.20. The van der Waals surface area contributed by atoms with Gasteiger partial charge in [0.25, 0.3) is 0 Å². The van der Waals surface area contributed by atoms with E-state index in [-0.39, 0.29) is 11.4 Å². The summed E-state index contributed by atoms with van der Waals surface area (Å²) in [5.74, 6) is 0.292. The number of carbonyl (C=O) groups is 1. The maximum absolute atomic E-state index is 11.3. The van der Waals surface area contributed by atoms with E-state index >= 15 is 0 Å². The molecule has 1 saturated carbocycles. The van der Waals surface area contributed by atoms with Gasteiger partial charge in [-0.05, 0) is 25.7 Å². The fourth-order valence-electron chi connectivity index (χ4n) is 2.31. The van der Waals surface area contributed by atoms with Crippen LogP contribution in [0.5, 0.6) is 0 Å². The fraction of sp³-hybridized carbons (Fsp3) is 0.643. The van der Waals surface area contributed by atoms with Crippen LogP contribution < -0.4 is 0 Å². The van der Waals surface area contributed by atoms with Crippen LogP contribution >= 0.6 is 0 Å². The van der Waals surface area contributed by atoms with Crippen molar-refractivity contribution in [2.24, 2.45) is 11.3 Å². The number of allylic oxidation sites excluding steroid dienone is 2. The highest BCUT2D eigenvalue weighted by Gasteiger charge is 2.31. The average molecular weight is 222 g/mol. The van der Waals surface area contributed by atoms with Crippen LogP contribution in [0.15, 0.2) is 24.3 Å². The smallest absolute Gasteiger partial charge is 0.330 e. The molecular weight excluding hydrogens is 200 g/mol. The Morgan fingerprint density at radius 2 is 2.38 bits per heavy atom. The summed E-state index contributed by atoms with van der Waals surface area (Å²) in [5, 5.41) is 0. The van der Waals surface area contributed by atoms with Crippen molar-refractivity contribution >= 4 is 5.97 Å². The molecule has 16 heavy (non-hydrogen) atoms. The van der Waals surface area contributed by atoms with Crippen LogP contribution in [0.25, 0.3) is 0 Å². The monoisotopic (exact) mass is 222 g/mol. The zero-order valence-corrected chi connectivity index (χ0v) is 10.6. The number of hydrogen-bond acceptors (Lipinski definition) is 2. The molecule has 1 aliphatic carbocycles. The van der Waals surface area contributed by atoms with E-state index in [4.69, 9.17) is 4.74 Å². The van der Waals surface area contributed by atoms with Crippen molar-refractivity contribution in [3.05, 3.63) is 24.3 Å². The van der Waals surface area contributed by atoms with E-state index in [1.165, 1.54) is 18.4 Å². The number of rotatable bonds is 3. The van der Waals surface area contributed by atoms with E-state index in [1.54, 1.807) is 6.08 Å². The van der Waals surface area contributed by atoms with Gasteiger partial charge in [0.05, 0.1) is 6.61 Å². The fourth-order valence-corrected chi connectivity index (χ4v) is 2.31. The molecule has 0 N–H and O–H groups in total. The predicted molar refractivity (Wildman–Crippen MR) is 66.0 cm³/mol. The van der Waals surface area contributed by atoms with Crippen molar-refractivity contribution in [2.45, 2.75) is 40.0 Å². The third-order valence-corrected chi connectivity index (χ3v) is 3.54. The Hall–Kier alpha value is -1.05. The highest BCUT2D eigenvalue weighted by molar-refractivity contribution is 5.82. The van der Waals surface area contributed by atoms with E-state index in [2.05, 4.69) is 20.4 Å². The largest absolute Gasteiger partial charge is 0.463 e. The van der Waals surface area contributed by atoms with Gasteiger partial charge in [-0.25, -0.2) is 4.79 Å². The molecule has 0 radical (unpaired) electrons. The quantitative estimate of drug-likeness (QED) is 0.415. The van der Waals surface area contributed by atoms with E-state index in [0.717, 1.165) is 6.42 Å². The van der Waals surface area contributed by atoms with Crippen molar-refractivity contribution in [1.29, 1.82) is 0 Å². The van der Waals surface area contributed by atoms with Crippen LogP contribution in [0.1, 0.15) is 40.0 Å². The number of ether oxygens (including phenoxy) is 1. The molecule has 0 saturated heterocycles. The van der Waals surface area contributed by atoms with Crippen LogP contribution in [-0.4, -0.2) is 12.6 Å². The molecule has 1 aliphatic rings. The molecule has 0 unspecified atom stereocenters. The number of carbonyl (C=O) groups excluding carboxylic acids is 1. The molecule has 2 atom stereocenters. The lowest BCUT2D eigenvalue weighted by molar-refractivity contribution is -0.137. The summed E-state index contributed by atoms with van der Waals surface area (Å²) >= 11 is 0. The topological polar surface area (TPSA) is 26.3 Å². The van der Waals surface area contributed by atoms with Gasteiger partial charge in [0.1, 0.15) is 0 Å². The molecule has 0 heterocycles. The van der Waals surface area contributed by atoms with Gasteiger partial charge in [-0.3, -0.25) is 0 Å². The minimum atomic E-state index is -0.255. The summed E-state index contributed by atoms with van der Waals surface area (Å²) in [7, 11) is 0. The summed E-state index contributed by atoms with van der Waals surface area (Å²) in [4.78, 5) is 11.3. The van der Waals surface area contributed by atoms with Crippen molar-refractivity contribution in [1.82, 2.24) is 0 Å². The van der Waals surface area contributed by atoms with Crippen LogP contribution in [-0.2, 0) is 9.53 Å². The summed E-state index contributed by atoms with van der Waals surface area (Å²) in [6.45, 7) is 10.8. The van der Waals surface area contributed by atoms with Gasteiger partial charge in [0.15, 0.2) is 0 Å². The molecule has 0 aromatic heterocycles. The first-order valence-electron chi connectivity index (χ1n) is 6.05. The summed E-state index contributed by atoms with van der Waals surface area (Å²) in [6.07, 6.45) is 6.99. The minimum absolute atomic E-state index is 0.0373. The van der Waals surface area contributed by atoms with E-state index in [1.807, 2.05) is 13.0 Å². The molecule has 0 spiro atoms. The Balaban J connectivity index is 2.69. The lowest BCUT2D eigenvalue weighted by Gasteiger charge is -2.37. The molecular formula is C14H22O2. The normalized spacial score (nSPS) is 30.7. The Labute approximate surface area is 98.4 Å². The van der Waals surface area contributed by atoms with E-state index < -0.39 is 0 Å². The first kappa shape index (κ1) is 13.0. The second-order valence-electron chi connectivity index (χ2n) is 4.82. The Morgan fingerprint density at radius 1 is 1.69 bits per heavy atom. The molecule has 1 rings (SSSR count). The van der Waals surface area contributed by atoms with Gasteiger partial charge >= 0.3 is 5.97 Å². The van der Waals surface area contributed by atoms with Crippen LogP contribution in [0.4, 0.5) is 0 Å². The molecule has 0 aromatic carbocycles. The van der Waals surface area contributed by atoms with Crippen LogP contribution in [0.3, 0.4) is 0 Å². The van der Waals surface area contributed by atoms with Crippen molar-refractivity contribution < 1.29 is 9.53 Å². The van der Waals surface area contributed by atoms with Gasteiger partial charge in [0, 0.05) is 11.5 Å². The minimum Gasteiger partial charge on any atom is -0.463 e. The zero-order valence-electron chi connectivity index (χ0n) is 10.6. The van der Waals surface area contributed by atoms with Gasteiger partial charge in [0.2, 0.25) is 0 Å². The molecule has 90 valence electrons. The third-order valence-electron chi connectivity index (χ3n) is 3.54. The highest BCUT2D eigenvalue weighted by Crippen LogP contribution is 2.43. The van der Waals surface area contributed by atoms with Crippen molar-refractivity contribution in [3.63, 3.8) is 0 Å². The third kappa shape index (κ3) is 2.97. The maximum atomic E-state index is 11.3. The van der Waals surface area contributed by atoms with Crippen LogP contribution in [0, 0.1) is 11.3 Å². The van der Waals surface area contributed by atoms with Crippen molar-refractivity contribution in [3.8, 4) is 0 Å². The second kappa shape index (κ2) is 5.33. The first-order chi connectivity index (χ1) is 7.49. The second-order valence-corrected chi connectivity index (χ2v) is 4.82. The van der Waals surface area contributed by atoms with Gasteiger partial charge < -0.3 is 4.74 Å². The molecule has 1 fully saturated rings. The van der Waals surface area contributed by atoms with Gasteiger partial charge in [-0.2, -0.15) is 0 Å². The Morgan fingerprint density at radius 3 is 3.00 bits per heavy atom. The SMILES string of the molecule is C=C1[C@H](C)CCC[C@@]1(C)/C=C/C(=O)OCC. The lowest BCUT2D eigenvalue weighted by Crippen LogP contribution is -2.25. The molecule has 0 bridgehead atoms. The predicted octanol–water partition coefficient (Wildman–Crippen LogP) is 3.49. The standard InChI is InChI=1S/C14H22O2/c1-5-16-13(15)8-10-14(4)9-6-7-11(2)12(14)3/h8,10-11H,3,5-7,9H2,1-2,4H3/b10-8+/t11-,14+/m1/s1. The lowest BCUT2D eigenvalue weighted by atomic mass is 9.68. The summed E-state index contributed by atoms with van der Waals surface area (Å²) in [6, 6.07) is 0. The molecule has 2 nitrogen and oxygen atoms in total. The average Bonchev–Trinajstić information content (AvgIpc) is 2.24. The Kier molecular flexibility index (Phi) is 4.34. The first-order valence-corrected chi connectivity index (χ1v) is 6.05. The molecule has 0 aromatic rings. The maximum Gasteiger partial charge on any atom is 0.330 e. The zero-order chi connectivity index (χ0) is 12.2. The summed E-state index contributed by atoms with van der Waals surface area (Å²) < 4.78 is 4.88. The molecule has 0 amide bonds. The van der Waals surface area contributed by atoms with E-state index in [0.29, 0.717) is 12.5 Å². The number of esters is 1. The molecule has 0 aliphatic heterocycles. The van der Waals surface area contributed by atoms with Crippen molar-refractivity contribution in [2.75, 3.05) is 6.61 Å².